The van der Waals surface area contributed by atoms with Crippen LogP contribution in [0.4, 0.5) is 13.2 Å². The highest BCUT2D eigenvalue weighted by Crippen LogP contribution is 2.31. The smallest absolute Gasteiger partial charge is 0.379 e. The molecule has 0 amide bonds. The summed E-state index contributed by atoms with van der Waals surface area (Å²) in [5, 5.41) is 6.64. The van der Waals surface area contributed by atoms with E-state index in [1.807, 2.05) is 0 Å². The molecule has 2 aliphatic heterocycles. The molecule has 2 atom stereocenters. The first kappa shape index (κ1) is 22.8. The first-order valence-electron chi connectivity index (χ1n) is 10.4. The Hall–Kier alpha value is -1.84. The summed E-state index contributed by atoms with van der Waals surface area (Å²) in [5.41, 5.74) is -0.00423. The predicted octanol–water partition coefficient (Wildman–Crippen LogP) is 2.81. The fourth-order valence-corrected chi connectivity index (χ4v) is 3.90. The SMILES string of the molecule is CN=C(NCC(c1ccc(C(F)(F)F)cc1)N1CCOCC1)NCC1(C)CCCO1. The molecule has 30 heavy (non-hydrogen) atoms. The number of rotatable bonds is 6. The van der Waals surface area contributed by atoms with E-state index >= 15 is 0 Å². The molecular formula is C21H31F3N4O2. The number of aliphatic imine (C=N–C) groups is 1. The molecule has 3 rings (SSSR count). The maximum Gasteiger partial charge on any atom is 0.416 e. The summed E-state index contributed by atoms with van der Waals surface area (Å²) in [6.07, 6.45) is -2.29. The minimum absolute atomic E-state index is 0.0898. The minimum Gasteiger partial charge on any atom is -0.379 e. The number of hydrogen-bond acceptors (Lipinski definition) is 4. The number of benzene rings is 1. The lowest BCUT2D eigenvalue weighted by Crippen LogP contribution is -2.49. The Labute approximate surface area is 175 Å². The van der Waals surface area contributed by atoms with Crippen LogP contribution in [0, 0.1) is 0 Å². The lowest BCUT2D eigenvalue weighted by Gasteiger charge is -2.35. The van der Waals surface area contributed by atoms with Gasteiger partial charge in [-0.25, -0.2) is 0 Å². The van der Waals surface area contributed by atoms with Crippen molar-refractivity contribution < 1.29 is 22.6 Å². The molecule has 2 unspecified atom stereocenters. The molecule has 0 radical (unpaired) electrons. The molecule has 1 aromatic carbocycles. The third-order valence-corrected chi connectivity index (χ3v) is 5.73. The predicted molar refractivity (Wildman–Crippen MR) is 110 cm³/mol. The van der Waals surface area contributed by atoms with E-state index in [1.165, 1.54) is 0 Å². The van der Waals surface area contributed by atoms with E-state index in [0.717, 1.165) is 50.2 Å². The van der Waals surface area contributed by atoms with Gasteiger partial charge in [-0.1, -0.05) is 12.1 Å². The van der Waals surface area contributed by atoms with Crippen molar-refractivity contribution >= 4 is 5.96 Å². The molecule has 2 heterocycles. The van der Waals surface area contributed by atoms with Gasteiger partial charge in [0, 0.05) is 39.8 Å². The lowest BCUT2D eigenvalue weighted by atomic mass is 10.0. The highest BCUT2D eigenvalue weighted by atomic mass is 19.4. The molecule has 1 aromatic rings. The minimum atomic E-state index is -4.34. The van der Waals surface area contributed by atoms with Gasteiger partial charge in [-0.2, -0.15) is 13.2 Å². The second kappa shape index (κ2) is 9.98. The average Bonchev–Trinajstić information content (AvgIpc) is 3.17. The third-order valence-electron chi connectivity index (χ3n) is 5.73. The van der Waals surface area contributed by atoms with Crippen LogP contribution in [0.5, 0.6) is 0 Å². The van der Waals surface area contributed by atoms with E-state index in [4.69, 9.17) is 9.47 Å². The topological polar surface area (TPSA) is 58.1 Å². The van der Waals surface area contributed by atoms with Crippen molar-refractivity contribution in [2.45, 2.75) is 37.6 Å². The summed E-state index contributed by atoms with van der Waals surface area (Å²) in [5.74, 6) is 0.650. The normalized spacial score (nSPS) is 24.6. The number of halogens is 3. The second-order valence-corrected chi connectivity index (χ2v) is 7.99. The van der Waals surface area contributed by atoms with Crippen LogP contribution in [-0.4, -0.2) is 69.5 Å². The molecule has 0 saturated carbocycles. The van der Waals surface area contributed by atoms with Crippen molar-refractivity contribution in [3.63, 3.8) is 0 Å². The van der Waals surface area contributed by atoms with Gasteiger partial charge in [0.25, 0.3) is 0 Å². The maximum atomic E-state index is 12.9. The number of morpholine rings is 1. The number of nitrogens with zero attached hydrogens (tertiary/aromatic N) is 2. The van der Waals surface area contributed by atoms with Gasteiger partial charge in [-0.15, -0.1) is 0 Å². The zero-order chi connectivity index (χ0) is 21.6. The number of alkyl halides is 3. The molecule has 2 fully saturated rings. The Morgan fingerprint density at radius 1 is 1.17 bits per heavy atom. The third kappa shape index (κ3) is 6.09. The van der Waals surface area contributed by atoms with Crippen LogP contribution in [0.1, 0.15) is 36.9 Å². The molecule has 0 aromatic heterocycles. The van der Waals surface area contributed by atoms with Crippen LogP contribution in [-0.2, 0) is 15.7 Å². The van der Waals surface area contributed by atoms with Gasteiger partial charge in [-0.3, -0.25) is 9.89 Å². The summed E-state index contributed by atoms with van der Waals surface area (Å²) in [6, 6.07) is 5.33. The van der Waals surface area contributed by atoms with Gasteiger partial charge >= 0.3 is 6.18 Å². The van der Waals surface area contributed by atoms with Crippen molar-refractivity contribution in [2.24, 2.45) is 4.99 Å². The number of guanidine groups is 1. The second-order valence-electron chi connectivity index (χ2n) is 7.99. The van der Waals surface area contributed by atoms with E-state index < -0.39 is 11.7 Å². The molecule has 2 aliphatic rings. The zero-order valence-electron chi connectivity index (χ0n) is 17.6. The fourth-order valence-electron chi connectivity index (χ4n) is 3.90. The van der Waals surface area contributed by atoms with Gasteiger partial charge < -0.3 is 20.1 Å². The van der Waals surface area contributed by atoms with Crippen molar-refractivity contribution in [1.82, 2.24) is 15.5 Å². The van der Waals surface area contributed by atoms with Crippen LogP contribution < -0.4 is 10.6 Å². The maximum absolute atomic E-state index is 12.9. The van der Waals surface area contributed by atoms with Crippen LogP contribution in [0.15, 0.2) is 29.3 Å². The molecule has 9 heteroatoms. The van der Waals surface area contributed by atoms with Crippen molar-refractivity contribution in [3.05, 3.63) is 35.4 Å². The van der Waals surface area contributed by atoms with E-state index in [1.54, 1.807) is 19.2 Å². The number of hydrogen-bond donors (Lipinski definition) is 2. The largest absolute Gasteiger partial charge is 0.416 e. The summed E-state index contributed by atoms with van der Waals surface area (Å²) in [4.78, 5) is 6.51. The Morgan fingerprint density at radius 3 is 2.43 bits per heavy atom. The molecule has 168 valence electrons. The molecule has 0 aliphatic carbocycles. The number of ether oxygens (including phenoxy) is 2. The number of nitrogens with one attached hydrogen (secondary N) is 2. The molecule has 2 N–H and O–H groups in total. The van der Waals surface area contributed by atoms with Gasteiger partial charge in [0.1, 0.15) is 0 Å². The zero-order valence-corrected chi connectivity index (χ0v) is 17.6. The summed E-state index contributed by atoms with van der Waals surface area (Å²) < 4.78 is 50.1. The summed E-state index contributed by atoms with van der Waals surface area (Å²) >= 11 is 0. The molecule has 2 saturated heterocycles. The van der Waals surface area contributed by atoms with Crippen LogP contribution >= 0.6 is 0 Å². The highest BCUT2D eigenvalue weighted by molar-refractivity contribution is 5.79. The van der Waals surface area contributed by atoms with Crippen molar-refractivity contribution in [3.8, 4) is 0 Å². The van der Waals surface area contributed by atoms with Crippen molar-refractivity contribution in [1.29, 1.82) is 0 Å². The molecule has 0 bridgehead atoms. The quantitative estimate of drug-likeness (QED) is 0.539. The fraction of sp³-hybridized carbons (Fsp3) is 0.667. The van der Waals surface area contributed by atoms with E-state index in [9.17, 15) is 13.2 Å². The Kier molecular flexibility index (Phi) is 7.60. The average molecular weight is 428 g/mol. The van der Waals surface area contributed by atoms with Crippen LogP contribution in [0.3, 0.4) is 0 Å². The van der Waals surface area contributed by atoms with Gasteiger partial charge in [0.05, 0.1) is 30.4 Å². The van der Waals surface area contributed by atoms with Gasteiger partial charge in [-0.05, 0) is 37.5 Å². The van der Waals surface area contributed by atoms with E-state index in [0.29, 0.717) is 32.3 Å². The summed E-state index contributed by atoms with van der Waals surface area (Å²) in [6.45, 7) is 6.70. The first-order chi connectivity index (χ1) is 14.3. The van der Waals surface area contributed by atoms with Crippen LogP contribution in [0.2, 0.25) is 0 Å². The Bertz CT molecular complexity index is 697. The standard InChI is InChI=1S/C21H31F3N4O2/c1-20(8-3-11-30-20)15-27-19(25-2)26-14-18(28-9-12-29-13-10-28)16-4-6-17(7-5-16)21(22,23)24/h4-7,18H,3,8-15H2,1-2H3,(H2,25,26,27). The van der Waals surface area contributed by atoms with Gasteiger partial charge in [0.15, 0.2) is 5.96 Å². The van der Waals surface area contributed by atoms with E-state index in [-0.39, 0.29) is 11.6 Å². The molecule has 0 spiro atoms. The Morgan fingerprint density at radius 2 is 1.87 bits per heavy atom. The monoisotopic (exact) mass is 428 g/mol. The lowest BCUT2D eigenvalue weighted by molar-refractivity contribution is -0.137. The Balaban J connectivity index is 1.66. The molecular weight excluding hydrogens is 397 g/mol. The first-order valence-corrected chi connectivity index (χ1v) is 10.4. The summed E-state index contributed by atoms with van der Waals surface area (Å²) in [7, 11) is 1.70. The van der Waals surface area contributed by atoms with Crippen molar-refractivity contribution in [2.75, 3.05) is 53.0 Å². The van der Waals surface area contributed by atoms with Gasteiger partial charge in [0.2, 0.25) is 0 Å². The highest BCUT2D eigenvalue weighted by Gasteiger charge is 2.32. The molecule has 6 nitrogen and oxygen atoms in total. The van der Waals surface area contributed by atoms with E-state index in [2.05, 4.69) is 27.4 Å². The van der Waals surface area contributed by atoms with Crippen LogP contribution in [0.25, 0.3) is 0 Å².